The van der Waals surface area contributed by atoms with Gasteiger partial charge in [0.05, 0.1) is 19.4 Å². The average Bonchev–Trinajstić information content (AvgIpc) is 2.74. The number of amides is 1. The maximum Gasteiger partial charge on any atom is 0.335 e. The highest BCUT2D eigenvalue weighted by Crippen LogP contribution is 2.29. The zero-order valence-electron chi connectivity index (χ0n) is 16.6. The van der Waals surface area contributed by atoms with Crippen molar-refractivity contribution >= 4 is 17.6 Å². The highest BCUT2D eigenvalue weighted by atomic mass is 16.6. The van der Waals surface area contributed by atoms with Gasteiger partial charge in [-0.05, 0) is 36.8 Å². The van der Waals surface area contributed by atoms with E-state index in [1.54, 1.807) is 6.07 Å². The summed E-state index contributed by atoms with van der Waals surface area (Å²) in [5, 5.41) is 2.84. The van der Waals surface area contributed by atoms with Crippen LogP contribution in [0.4, 0.5) is 5.69 Å². The number of carbonyl (C=O) groups is 2. The van der Waals surface area contributed by atoms with E-state index in [2.05, 4.69) is 5.32 Å². The molecule has 2 atom stereocenters. The molecule has 0 spiro atoms. The summed E-state index contributed by atoms with van der Waals surface area (Å²) in [4.78, 5) is 23.9. The van der Waals surface area contributed by atoms with Crippen molar-refractivity contribution in [2.75, 3.05) is 25.6 Å². The molecule has 154 valence electrons. The molecule has 0 saturated carbocycles. The van der Waals surface area contributed by atoms with Crippen LogP contribution in [-0.2, 0) is 25.5 Å². The van der Waals surface area contributed by atoms with Crippen molar-refractivity contribution in [3.8, 4) is 11.5 Å². The fourth-order valence-corrected chi connectivity index (χ4v) is 3.05. The van der Waals surface area contributed by atoms with E-state index in [-0.39, 0.29) is 11.9 Å². The summed E-state index contributed by atoms with van der Waals surface area (Å²) >= 11 is 0. The second-order valence-corrected chi connectivity index (χ2v) is 6.54. The molecule has 1 aliphatic heterocycles. The zero-order valence-corrected chi connectivity index (χ0v) is 16.6. The molecule has 0 fully saturated rings. The number of esters is 1. The lowest BCUT2D eigenvalue weighted by atomic mass is 10.1. The number of methoxy groups -OCH3 is 1. The maximum absolute atomic E-state index is 12.1. The van der Waals surface area contributed by atoms with Gasteiger partial charge in [-0.1, -0.05) is 24.3 Å². The Labute approximate surface area is 169 Å². The van der Waals surface area contributed by atoms with E-state index in [1.165, 1.54) is 7.11 Å². The van der Waals surface area contributed by atoms with Crippen molar-refractivity contribution < 1.29 is 28.5 Å². The number of para-hydroxylation sites is 2. The Morgan fingerprint density at radius 2 is 1.93 bits per heavy atom. The second kappa shape index (κ2) is 9.93. The summed E-state index contributed by atoms with van der Waals surface area (Å²) in [5.41, 5.74) is 1.62. The van der Waals surface area contributed by atoms with Crippen LogP contribution in [0.3, 0.4) is 0 Å². The smallest absolute Gasteiger partial charge is 0.335 e. The lowest BCUT2D eigenvalue weighted by molar-refractivity contribution is -0.153. The van der Waals surface area contributed by atoms with Gasteiger partial charge in [0.2, 0.25) is 0 Å². The molecule has 0 bridgehead atoms. The first-order chi connectivity index (χ1) is 14.1. The molecular weight excluding hydrogens is 374 g/mol. The minimum Gasteiger partial charge on any atom is -0.493 e. The van der Waals surface area contributed by atoms with Crippen molar-refractivity contribution in [2.45, 2.75) is 32.0 Å². The Kier molecular flexibility index (Phi) is 7.08. The summed E-state index contributed by atoms with van der Waals surface area (Å²) in [6.07, 6.45) is -0.356. The van der Waals surface area contributed by atoms with Gasteiger partial charge < -0.3 is 24.3 Å². The molecular formula is C22H25NO6. The number of nitrogens with one attached hydrogen (secondary N) is 1. The van der Waals surface area contributed by atoms with Crippen LogP contribution in [0.2, 0.25) is 0 Å². The third-order valence-electron chi connectivity index (χ3n) is 4.53. The quantitative estimate of drug-likeness (QED) is 0.653. The highest BCUT2D eigenvalue weighted by molar-refractivity contribution is 5.97. The van der Waals surface area contributed by atoms with Gasteiger partial charge in [-0.25, -0.2) is 4.79 Å². The molecule has 29 heavy (non-hydrogen) atoms. The molecule has 0 saturated heterocycles. The fourth-order valence-electron chi connectivity index (χ4n) is 3.05. The number of benzene rings is 2. The summed E-state index contributed by atoms with van der Waals surface area (Å²) < 4.78 is 21.7. The SMILES string of the molecule is CCOC(Cc1ccc(OCCC2Oc3ccccc3NC2=O)cc1)C(=O)OC. The van der Waals surface area contributed by atoms with E-state index in [1.807, 2.05) is 49.4 Å². The number of rotatable bonds is 9. The summed E-state index contributed by atoms with van der Waals surface area (Å²) in [5.74, 6) is 0.777. The molecule has 1 amide bonds. The number of hydrogen-bond donors (Lipinski definition) is 1. The number of ether oxygens (including phenoxy) is 4. The fraction of sp³-hybridized carbons (Fsp3) is 0.364. The molecule has 1 aliphatic rings. The van der Waals surface area contributed by atoms with Crippen LogP contribution >= 0.6 is 0 Å². The van der Waals surface area contributed by atoms with Crippen molar-refractivity contribution in [3.63, 3.8) is 0 Å². The van der Waals surface area contributed by atoms with Gasteiger partial charge in [0.15, 0.2) is 12.2 Å². The van der Waals surface area contributed by atoms with Crippen molar-refractivity contribution in [3.05, 3.63) is 54.1 Å². The topological polar surface area (TPSA) is 83.1 Å². The molecule has 0 aromatic heterocycles. The number of carbonyl (C=O) groups excluding carboxylic acids is 2. The van der Waals surface area contributed by atoms with Crippen LogP contribution in [0.1, 0.15) is 18.9 Å². The Hall–Kier alpha value is -3.06. The van der Waals surface area contributed by atoms with E-state index >= 15 is 0 Å². The van der Waals surface area contributed by atoms with Gasteiger partial charge in [-0.15, -0.1) is 0 Å². The van der Waals surface area contributed by atoms with Crippen LogP contribution in [0.25, 0.3) is 0 Å². The molecule has 1 heterocycles. The Bertz CT molecular complexity index is 835. The van der Waals surface area contributed by atoms with Crippen LogP contribution in [0, 0.1) is 0 Å². The van der Waals surface area contributed by atoms with Crippen LogP contribution in [0.5, 0.6) is 11.5 Å². The minimum absolute atomic E-state index is 0.174. The minimum atomic E-state index is -0.624. The van der Waals surface area contributed by atoms with Gasteiger partial charge in [-0.3, -0.25) is 4.79 Å². The Morgan fingerprint density at radius 1 is 1.17 bits per heavy atom. The summed E-state index contributed by atoms with van der Waals surface area (Å²) in [6, 6.07) is 14.7. The monoisotopic (exact) mass is 399 g/mol. The molecule has 7 heteroatoms. The molecule has 0 radical (unpaired) electrons. The molecule has 1 N–H and O–H groups in total. The molecule has 0 aliphatic carbocycles. The van der Waals surface area contributed by atoms with Crippen LogP contribution in [0.15, 0.2) is 48.5 Å². The first-order valence-electron chi connectivity index (χ1n) is 9.58. The van der Waals surface area contributed by atoms with Crippen molar-refractivity contribution in [1.29, 1.82) is 0 Å². The first-order valence-corrected chi connectivity index (χ1v) is 9.58. The molecule has 2 aromatic rings. The van der Waals surface area contributed by atoms with E-state index < -0.39 is 12.2 Å². The molecule has 3 rings (SSSR count). The van der Waals surface area contributed by atoms with Crippen LogP contribution in [-0.4, -0.2) is 44.4 Å². The zero-order chi connectivity index (χ0) is 20.6. The van der Waals surface area contributed by atoms with Crippen LogP contribution < -0.4 is 14.8 Å². The van der Waals surface area contributed by atoms with E-state index in [0.29, 0.717) is 43.2 Å². The molecule has 2 aromatic carbocycles. The van der Waals surface area contributed by atoms with Gasteiger partial charge in [-0.2, -0.15) is 0 Å². The molecule has 7 nitrogen and oxygen atoms in total. The Balaban J connectivity index is 1.49. The summed E-state index contributed by atoms with van der Waals surface area (Å²) in [6.45, 7) is 2.60. The van der Waals surface area contributed by atoms with Crippen molar-refractivity contribution in [2.24, 2.45) is 0 Å². The average molecular weight is 399 g/mol. The third-order valence-corrected chi connectivity index (χ3v) is 4.53. The van der Waals surface area contributed by atoms with E-state index in [4.69, 9.17) is 18.9 Å². The van der Waals surface area contributed by atoms with Gasteiger partial charge in [0, 0.05) is 19.4 Å². The van der Waals surface area contributed by atoms with Crippen molar-refractivity contribution in [1.82, 2.24) is 0 Å². The predicted molar refractivity (Wildman–Crippen MR) is 107 cm³/mol. The summed E-state index contributed by atoms with van der Waals surface area (Å²) in [7, 11) is 1.35. The predicted octanol–water partition coefficient (Wildman–Crippen LogP) is 2.98. The van der Waals surface area contributed by atoms with E-state index in [9.17, 15) is 9.59 Å². The normalized spacial score (nSPS) is 16.2. The lowest BCUT2D eigenvalue weighted by Crippen LogP contribution is -2.38. The van der Waals surface area contributed by atoms with Gasteiger partial charge in [0.1, 0.15) is 11.5 Å². The van der Waals surface area contributed by atoms with E-state index in [0.717, 1.165) is 5.56 Å². The van der Waals surface area contributed by atoms with Gasteiger partial charge in [0.25, 0.3) is 5.91 Å². The number of hydrogen-bond acceptors (Lipinski definition) is 6. The lowest BCUT2D eigenvalue weighted by Gasteiger charge is -2.25. The Morgan fingerprint density at radius 3 is 2.66 bits per heavy atom. The first kappa shape index (κ1) is 20.7. The standard InChI is InChI=1S/C22H25NO6/c1-3-27-20(22(25)26-2)14-15-8-10-16(11-9-15)28-13-12-19-21(24)23-17-6-4-5-7-18(17)29-19/h4-11,19-20H,3,12-14H2,1-2H3,(H,23,24). The third kappa shape index (κ3) is 5.48. The second-order valence-electron chi connectivity index (χ2n) is 6.54. The molecule has 2 unspecified atom stereocenters. The maximum atomic E-state index is 12.1. The highest BCUT2D eigenvalue weighted by Gasteiger charge is 2.27. The number of fused-ring (bicyclic) bond motifs is 1. The van der Waals surface area contributed by atoms with Gasteiger partial charge >= 0.3 is 5.97 Å². The number of anilines is 1. The largest absolute Gasteiger partial charge is 0.493 e.